The maximum atomic E-state index is 14.8. The van der Waals surface area contributed by atoms with Crippen molar-refractivity contribution in [1.29, 1.82) is 0 Å². The maximum absolute atomic E-state index is 14.8. The number of nitrogen functional groups attached to an aromatic ring is 1. The number of nitrogens with zero attached hydrogens (tertiary/aromatic N) is 3. The van der Waals surface area contributed by atoms with Crippen LogP contribution in [-0.4, -0.2) is 30.1 Å². The molecular weight excluding hydrogens is 397 g/mol. The van der Waals surface area contributed by atoms with Gasteiger partial charge in [-0.2, -0.15) is 9.61 Å². The van der Waals surface area contributed by atoms with E-state index in [4.69, 9.17) is 10.5 Å². The highest BCUT2D eigenvalue weighted by Gasteiger charge is 2.20. The number of halogens is 1. The van der Waals surface area contributed by atoms with E-state index >= 15 is 0 Å². The molecular formula is C19H16FN5O3S. The van der Waals surface area contributed by atoms with Crippen molar-refractivity contribution in [2.45, 2.75) is 4.90 Å². The van der Waals surface area contributed by atoms with Crippen LogP contribution < -0.4 is 15.2 Å². The molecule has 0 fully saturated rings. The first kappa shape index (κ1) is 18.7. The number of nitrogens with one attached hydrogen (secondary N) is 1. The number of nitrogens with two attached hydrogens (primary N) is 1. The van der Waals surface area contributed by atoms with E-state index in [9.17, 15) is 12.8 Å². The fraction of sp³-hybridized carbons (Fsp3) is 0.0526. The van der Waals surface area contributed by atoms with E-state index in [1.807, 2.05) is 0 Å². The molecule has 0 aliphatic heterocycles. The lowest BCUT2D eigenvalue weighted by Gasteiger charge is -2.13. The Kier molecular flexibility index (Phi) is 4.55. The van der Waals surface area contributed by atoms with Crippen LogP contribution in [0.25, 0.3) is 16.8 Å². The van der Waals surface area contributed by atoms with Crippen LogP contribution in [0.4, 0.5) is 15.9 Å². The summed E-state index contributed by atoms with van der Waals surface area (Å²) in [4.78, 5) is 4.14. The molecule has 3 N–H and O–H groups in total. The summed E-state index contributed by atoms with van der Waals surface area (Å²) in [6.45, 7) is 0. The molecule has 2 aromatic heterocycles. The molecule has 0 bridgehead atoms. The average Bonchev–Trinajstić information content (AvgIpc) is 3.18. The molecule has 0 aliphatic rings. The second-order valence-corrected chi connectivity index (χ2v) is 7.76. The van der Waals surface area contributed by atoms with Gasteiger partial charge < -0.3 is 10.5 Å². The minimum absolute atomic E-state index is 0.0513. The average molecular weight is 413 g/mol. The topological polar surface area (TPSA) is 112 Å². The number of aromatic nitrogens is 3. The number of hydrogen-bond acceptors (Lipinski definition) is 6. The lowest BCUT2D eigenvalue weighted by atomic mass is 10.1. The van der Waals surface area contributed by atoms with Crippen LogP contribution in [0.15, 0.2) is 65.8 Å². The molecule has 4 aromatic rings. The maximum Gasteiger partial charge on any atom is 0.265 e. The van der Waals surface area contributed by atoms with Crippen LogP contribution in [0, 0.1) is 5.82 Å². The third-order valence-corrected chi connectivity index (χ3v) is 5.74. The van der Waals surface area contributed by atoms with Gasteiger partial charge in [0.1, 0.15) is 22.3 Å². The van der Waals surface area contributed by atoms with Gasteiger partial charge in [0.2, 0.25) is 0 Å². The molecule has 0 saturated carbocycles. The Hall–Kier alpha value is -3.66. The second kappa shape index (κ2) is 7.06. The summed E-state index contributed by atoms with van der Waals surface area (Å²) in [7, 11) is -2.60. The standard InChI is InChI=1S/C19H16FN5O3S/c1-28-16-4-2-3-5-17(16)29(26,27)24-12-6-7-13(15(20)10-12)14-11-22-18-8-9-23-25(18)19(14)21/h2-11,24H,21H2,1H3. The van der Waals surface area contributed by atoms with Gasteiger partial charge in [-0.15, -0.1) is 0 Å². The highest BCUT2D eigenvalue weighted by molar-refractivity contribution is 7.92. The normalized spacial score (nSPS) is 11.5. The molecule has 0 saturated heterocycles. The lowest BCUT2D eigenvalue weighted by molar-refractivity contribution is 0.403. The SMILES string of the molecule is COc1ccccc1S(=O)(=O)Nc1ccc(-c2cnc3ccnn3c2N)c(F)c1. The van der Waals surface area contributed by atoms with Crippen molar-refractivity contribution in [3.8, 4) is 16.9 Å². The van der Waals surface area contributed by atoms with Gasteiger partial charge in [0.25, 0.3) is 10.0 Å². The zero-order chi connectivity index (χ0) is 20.6. The molecule has 2 aromatic carbocycles. The highest BCUT2D eigenvalue weighted by atomic mass is 32.2. The van der Waals surface area contributed by atoms with Crippen LogP contribution in [0.5, 0.6) is 5.75 Å². The van der Waals surface area contributed by atoms with Gasteiger partial charge in [-0.25, -0.2) is 17.8 Å². The third kappa shape index (κ3) is 3.34. The number of hydrogen-bond donors (Lipinski definition) is 2. The van der Waals surface area contributed by atoms with Crippen molar-refractivity contribution in [2.24, 2.45) is 0 Å². The van der Waals surface area contributed by atoms with Crippen molar-refractivity contribution >= 4 is 27.2 Å². The molecule has 0 unspecified atom stereocenters. The first-order valence-electron chi connectivity index (χ1n) is 8.44. The van der Waals surface area contributed by atoms with Gasteiger partial charge in [-0.1, -0.05) is 12.1 Å². The van der Waals surface area contributed by atoms with Crippen LogP contribution in [0.3, 0.4) is 0 Å². The Morgan fingerprint density at radius 3 is 2.69 bits per heavy atom. The van der Waals surface area contributed by atoms with E-state index in [0.717, 1.165) is 6.07 Å². The van der Waals surface area contributed by atoms with E-state index < -0.39 is 15.8 Å². The predicted octanol–water partition coefficient (Wildman–Crippen LogP) is 2.93. The number of methoxy groups -OCH3 is 1. The largest absolute Gasteiger partial charge is 0.495 e. The van der Waals surface area contributed by atoms with Crippen LogP contribution >= 0.6 is 0 Å². The lowest BCUT2D eigenvalue weighted by Crippen LogP contribution is -2.14. The summed E-state index contributed by atoms with van der Waals surface area (Å²) in [5.74, 6) is -0.255. The predicted molar refractivity (Wildman–Crippen MR) is 107 cm³/mol. The van der Waals surface area contributed by atoms with Gasteiger partial charge >= 0.3 is 0 Å². The molecule has 8 nitrogen and oxygen atoms in total. The van der Waals surface area contributed by atoms with Crippen molar-refractivity contribution in [2.75, 3.05) is 17.6 Å². The molecule has 148 valence electrons. The number of benzene rings is 2. The summed E-state index contributed by atoms with van der Waals surface area (Å²) in [5.41, 5.74) is 7.19. The van der Waals surface area contributed by atoms with Gasteiger partial charge in [-0.3, -0.25) is 4.72 Å². The molecule has 0 spiro atoms. The van der Waals surface area contributed by atoms with E-state index in [0.29, 0.717) is 11.2 Å². The molecule has 0 amide bonds. The zero-order valence-corrected chi connectivity index (χ0v) is 16.0. The smallest absolute Gasteiger partial charge is 0.265 e. The van der Waals surface area contributed by atoms with Crippen molar-refractivity contribution < 1.29 is 17.5 Å². The monoisotopic (exact) mass is 413 g/mol. The Labute approximate surface area is 165 Å². The highest BCUT2D eigenvalue weighted by Crippen LogP contribution is 2.31. The molecule has 29 heavy (non-hydrogen) atoms. The minimum atomic E-state index is -3.97. The number of sulfonamides is 1. The van der Waals surface area contributed by atoms with E-state index in [2.05, 4.69) is 14.8 Å². The molecule has 0 atom stereocenters. The number of rotatable bonds is 5. The fourth-order valence-electron chi connectivity index (χ4n) is 2.95. The minimum Gasteiger partial charge on any atom is -0.495 e. The number of para-hydroxylation sites is 1. The molecule has 0 aliphatic carbocycles. The molecule has 0 radical (unpaired) electrons. The molecule has 10 heteroatoms. The second-order valence-electron chi connectivity index (χ2n) is 6.11. The molecule has 4 rings (SSSR count). The Bertz CT molecular complexity index is 1320. The number of anilines is 2. The quantitative estimate of drug-likeness (QED) is 0.520. The van der Waals surface area contributed by atoms with Gasteiger partial charge in [0.05, 0.1) is 19.0 Å². The zero-order valence-electron chi connectivity index (χ0n) is 15.2. The van der Waals surface area contributed by atoms with Crippen LogP contribution in [-0.2, 0) is 10.0 Å². The number of ether oxygens (including phenoxy) is 1. The van der Waals surface area contributed by atoms with Crippen LogP contribution in [0.2, 0.25) is 0 Å². The summed E-state index contributed by atoms with van der Waals surface area (Å²) in [5, 5.41) is 4.05. The fourth-order valence-corrected chi connectivity index (χ4v) is 4.17. The summed E-state index contributed by atoms with van der Waals surface area (Å²) >= 11 is 0. The van der Waals surface area contributed by atoms with Crippen molar-refractivity contribution in [1.82, 2.24) is 14.6 Å². The Morgan fingerprint density at radius 2 is 1.93 bits per heavy atom. The molecule has 2 heterocycles. The van der Waals surface area contributed by atoms with E-state index in [-0.39, 0.29) is 27.7 Å². The van der Waals surface area contributed by atoms with Gasteiger partial charge in [0, 0.05) is 23.4 Å². The Balaban J connectivity index is 1.69. The van der Waals surface area contributed by atoms with Gasteiger partial charge in [-0.05, 0) is 30.3 Å². The summed E-state index contributed by atoms with van der Waals surface area (Å²) in [6, 6.07) is 11.8. The third-order valence-electron chi connectivity index (χ3n) is 4.32. The van der Waals surface area contributed by atoms with Crippen LogP contribution in [0.1, 0.15) is 0 Å². The first-order chi connectivity index (χ1) is 13.9. The summed E-state index contributed by atoms with van der Waals surface area (Å²) in [6.07, 6.45) is 2.98. The Morgan fingerprint density at radius 1 is 1.14 bits per heavy atom. The van der Waals surface area contributed by atoms with Crippen molar-refractivity contribution in [3.63, 3.8) is 0 Å². The van der Waals surface area contributed by atoms with E-state index in [1.54, 1.807) is 18.2 Å². The van der Waals surface area contributed by atoms with Crippen molar-refractivity contribution in [3.05, 3.63) is 66.7 Å². The van der Waals surface area contributed by atoms with Gasteiger partial charge in [0.15, 0.2) is 5.65 Å². The number of fused-ring (bicyclic) bond motifs is 1. The summed E-state index contributed by atoms with van der Waals surface area (Å²) < 4.78 is 49.0. The van der Waals surface area contributed by atoms with E-state index in [1.165, 1.54) is 48.3 Å². The first-order valence-corrected chi connectivity index (χ1v) is 9.93.